The highest BCUT2D eigenvalue weighted by Crippen LogP contribution is 2.26. The molecule has 0 saturated heterocycles. The molecule has 110 valence electrons. The standard InChI is InChI=1S/C15H29N3O/c1-2-18(13-7-8-13)10-9-17-15(19)11-12-5-3-4-6-14(12)16/h12-14H,2-11,16H2,1H3,(H,17,19). The second-order valence-corrected chi connectivity index (χ2v) is 6.12. The number of amides is 1. The number of nitrogens with one attached hydrogen (secondary N) is 1. The lowest BCUT2D eigenvalue weighted by Crippen LogP contribution is -2.39. The molecule has 0 aromatic carbocycles. The van der Waals surface area contributed by atoms with E-state index < -0.39 is 0 Å². The summed E-state index contributed by atoms with van der Waals surface area (Å²) < 4.78 is 0. The molecule has 4 heteroatoms. The number of hydrogen-bond acceptors (Lipinski definition) is 3. The highest BCUT2D eigenvalue weighted by molar-refractivity contribution is 5.76. The number of nitrogens with two attached hydrogens (primary N) is 1. The summed E-state index contributed by atoms with van der Waals surface area (Å²) in [5, 5.41) is 3.06. The highest BCUT2D eigenvalue weighted by Gasteiger charge is 2.27. The largest absolute Gasteiger partial charge is 0.355 e. The molecule has 0 heterocycles. The first kappa shape index (κ1) is 14.8. The van der Waals surface area contributed by atoms with Gasteiger partial charge in [-0.3, -0.25) is 9.69 Å². The summed E-state index contributed by atoms with van der Waals surface area (Å²) in [6.07, 6.45) is 7.96. The SMILES string of the molecule is CCN(CCNC(=O)CC1CCCCC1N)C1CC1. The Morgan fingerprint density at radius 1 is 1.26 bits per heavy atom. The van der Waals surface area contributed by atoms with Gasteiger partial charge in [-0.25, -0.2) is 0 Å². The van der Waals surface area contributed by atoms with E-state index in [0.717, 1.165) is 38.5 Å². The highest BCUT2D eigenvalue weighted by atomic mass is 16.1. The van der Waals surface area contributed by atoms with E-state index in [-0.39, 0.29) is 11.9 Å². The second kappa shape index (κ2) is 7.25. The molecule has 4 nitrogen and oxygen atoms in total. The van der Waals surface area contributed by atoms with Crippen molar-refractivity contribution in [2.75, 3.05) is 19.6 Å². The van der Waals surface area contributed by atoms with Crippen molar-refractivity contribution in [2.45, 2.75) is 64.0 Å². The van der Waals surface area contributed by atoms with Gasteiger partial charge >= 0.3 is 0 Å². The molecule has 0 bridgehead atoms. The first-order valence-electron chi connectivity index (χ1n) is 7.97. The molecule has 0 aromatic heterocycles. The van der Waals surface area contributed by atoms with Crippen LogP contribution in [-0.4, -0.2) is 42.5 Å². The van der Waals surface area contributed by atoms with E-state index >= 15 is 0 Å². The summed E-state index contributed by atoms with van der Waals surface area (Å²) in [4.78, 5) is 14.4. The van der Waals surface area contributed by atoms with Gasteiger partial charge in [0.2, 0.25) is 5.91 Å². The lowest BCUT2D eigenvalue weighted by atomic mass is 9.83. The molecule has 2 aliphatic rings. The fourth-order valence-electron chi connectivity index (χ4n) is 3.18. The Morgan fingerprint density at radius 2 is 2.00 bits per heavy atom. The Bertz CT molecular complexity index is 291. The fraction of sp³-hybridized carbons (Fsp3) is 0.933. The van der Waals surface area contributed by atoms with Gasteiger partial charge in [0.05, 0.1) is 0 Å². The molecule has 2 saturated carbocycles. The number of hydrogen-bond donors (Lipinski definition) is 2. The van der Waals surface area contributed by atoms with Crippen molar-refractivity contribution < 1.29 is 4.79 Å². The van der Waals surface area contributed by atoms with Crippen LogP contribution in [0.3, 0.4) is 0 Å². The molecule has 19 heavy (non-hydrogen) atoms. The fourth-order valence-corrected chi connectivity index (χ4v) is 3.18. The van der Waals surface area contributed by atoms with E-state index in [0.29, 0.717) is 12.3 Å². The molecule has 3 N–H and O–H groups in total. The van der Waals surface area contributed by atoms with Crippen LogP contribution in [0.4, 0.5) is 0 Å². The minimum atomic E-state index is 0.189. The van der Waals surface area contributed by atoms with Crippen molar-refractivity contribution in [1.29, 1.82) is 0 Å². The number of nitrogens with zero attached hydrogens (tertiary/aromatic N) is 1. The van der Waals surface area contributed by atoms with Gasteiger partial charge in [0.15, 0.2) is 0 Å². The number of likely N-dealkylation sites (N-methyl/N-ethyl adjacent to an activating group) is 1. The normalized spacial score (nSPS) is 27.5. The van der Waals surface area contributed by atoms with Crippen molar-refractivity contribution in [2.24, 2.45) is 11.7 Å². The smallest absolute Gasteiger partial charge is 0.220 e. The molecular formula is C15H29N3O. The third kappa shape index (κ3) is 4.77. The molecule has 2 fully saturated rings. The van der Waals surface area contributed by atoms with E-state index in [4.69, 9.17) is 5.73 Å². The summed E-state index contributed by atoms with van der Waals surface area (Å²) in [5.74, 6) is 0.591. The maximum atomic E-state index is 11.9. The molecule has 1 amide bonds. The Kier molecular flexibility index (Phi) is 5.64. The molecule has 0 aliphatic heterocycles. The monoisotopic (exact) mass is 267 g/mol. The van der Waals surface area contributed by atoms with Gasteiger partial charge in [-0.2, -0.15) is 0 Å². The molecule has 0 spiro atoms. The maximum absolute atomic E-state index is 11.9. The van der Waals surface area contributed by atoms with Gasteiger partial charge in [-0.05, 0) is 38.1 Å². The van der Waals surface area contributed by atoms with E-state index in [1.807, 2.05) is 0 Å². The van der Waals surface area contributed by atoms with Crippen molar-refractivity contribution in [3.05, 3.63) is 0 Å². The zero-order valence-electron chi connectivity index (χ0n) is 12.2. The van der Waals surface area contributed by atoms with Crippen molar-refractivity contribution in [1.82, 2.24) is 10.2 Å². The lowest BCUT2D eigenvalue weighted by Gasteiger charge is -2.28. The van der Waals surface area contributed by atoms with Crippen molar-refractivity contribution in [3.63, 3.8) is 0 Å². The molecule has 2 aliphatic carbocycles. The molecule has 2 atom stereocenters. The van der Waals surface area contributed by atoms with Gasteiger partial charge in [0, 0.05) is 31.6 Å². The van der Waals surface area contributed by atoms with E-state index in [1.165, 1.54) is 25.7 Å². The number of carbonyl (C=O) groups is 1. The lowest BCUT2D eigenvalue weighted by molar-refractivity contribution is -0.122. The summed E-state index contributed by atoms with van der Waals surface area (Å²) in [7, 11) is 0. The zero-order valence-corrected chi connectivity index (χ0v) is 12.2. The van der Waals surface area contributed by atoms with Gasteiger partial charge < -0.3 is 11.1 Å². The summed E-state index contributed by atoms with van der Waals surface area (Å²) in [6.45, 7) is 5.06. The molecule has 2 rings (SSSR count). The van der Waals surface area contributed by atoms with Crippen LogP contribution >= 0.6 is 0 Å². The average molecular weight is 267 g/mol. The summed E-state index contributed by atoms with van der Waals surface area (Å²) in [5.41, 5.74) is 6.09. The Labute approximate surface area is 117 Å². The Balaban J connectivity index is 1.61. The third-order valence-electron chi connectivity index (χ3n) is 4.61. The van der Waals surface area contributed by atoms with Crippen LogP contribution in [0.25, 0.3) is 0 Å². The van der Waals surface area contributed by atoms with Crippen LogP contribution in [0.5, 0.6) is 0 Å². The van der Waals surface area contributed by atoms with Crippen LogP contribution in [0.1, 0.15) is 51.9 Å². The molecule has 0 radical (unpaired) electrons. The summed E-state index contributed by atoms with van der Waals surface area (Å²) >= 11 is 0. The minimum absolute atomic E-state index is 0.189. The van der Waals surface area contributed by atoms with Crippen LogP contribution in [0.2, 0.25) is 0 Å². The number of rotatable bonds is 7. The maximum Gasteiger partial charge on any atom is 0.220 e. The predicted molar refractivity (Wildman–Crippen MR) is 77.8 cm³/mol. The molecular weight excluding hydrogens is 238 g/mol. The topological polar surface area (TPSA) is 58.4 Å². The van der Waals surface area contributed by atoms with Crippen LogP contribution < -0.4 is 11.1 Å². The van der Waals surface area contributed by atoms with Crippen LogP contribution in [-0.2, 0) is 4.79 Å². The van der Waals surface area contributed by atoms with Crippen molar-refractivity contribution in [3.8, 4) is 0 Å². The quantitative estimate of drug-likeness (QED) is 0.735. The first-order valence-corrected chi connectivity index (χ1v) is 7.97. The molecule has 2 unspecified atom stereocenters. The Hall–Kier alpha value is -0.610. The van der Waals surface area contributed by atoms with Crippen LogP contribution in [0, 0.1) is 5.92 Å². The first-order chi connectivity index (χ1) is 9.20. The van der Waals surface area contributed by atoms with Crippen LogP contribution in [0.15, 0.2) is 0 Å². The van der Waals surface area contributed by atoms with Gasteiger partial charge in [0.1, 0.15) is 0 Å². The third-order valence-corrected chi connectivity index (χ3v) is 4.61. The van der Waals surface area contributed by atoms with Gasteiger partial charge in [0.25, 0.3) is 0 Å². The van der Waals surface area contributed by atoms with E-state index in [2.05, 4.69) is 17.1 Å². The summed E-state index contributed by atoms with van der Waals surface area (Å²) in [6, 6.07) is 1.02. The minimum Gasteiger partial charge on any atom is -0.355 e. The van der Waals surface area contributed by atoms with Gasteiger partial charge in [-0.15, -0.1) is 0 Å². The van der Waals surface area contributed by atoms with Crippen molar-refractivity contribution >= 4 is 5.91 Å². The van der Waals surface area contributed by atoms with Gasteiger partial charge in [-0.1, -0.05) is 19.8 Å². The van der Waals surface area contributed by atoms with E-state index in [1.54, 1.807) is 0 Å². The molecule has 0 aromatic rings. The zero-order chi connectivity index (χ0) is 13.7. The average Bonchev–Trinajstić information content (AvgIpc) is 3.22. The number of carbonyl (C=O) groups excluding carboxylic acids is 1. The Morgan fingerprint density at radius 3 is 2.63 bits per heavy atom. The second-order valence-electron chi connectivity index (χ2n) is 6.12. The van der Waals surface area contributed by atoms with E-state index in [9.17, 15) is 4.79 Å². The predicted octanol–water partition coefficient (Wildman–Crippen LogP) is 1.49.